The Balaban J connectivity index is 1.43. The molecule has 3 aromatic rings. The summed E-state index contributed by atoms with van der Waals surface area (Å²) in [7, 11) is 1.93. The van der Waals surface area contributed by atoms with Crippen LogP contribution in [0.15, 0.2) is 29.4 Å². The molecule has 0 radical (unpaired) electrons. The lowest BCUT2D eigenvalue weighted by molar-refractivity contribution is 0.0825. The first-order valence-corrected chi connectivity index (χ1v) is 9.90. The van der Waals surface area contributed by atoms with Gasteiger partial charge in [0.05, 0.1) is 5.75 Å². The number of rotatable bonds is 7. The monoisotopic (exact) mass is 387 g/mol. The lowest BCUT2D eigenvalue weighted by atomic mass is 10.2. The van der Waals surface area contributed by atoms with Crippen LogP contribution in [-0.2, 0) is 19.3 Å². The van der Waals surface area contributed by atoms with Gasteiger partial charge in [-0.05, 0) is 29.0 Å². The Kier molecular flexibility index (Phi) is 5.23. The average Bonchev–Trinajstić information content (AvgIpc) is 3.30. The quantitative estimate of drug-likeness (QED) is 0.571. The van der Waals surface area contributed by atoms with Crippen LogP contribution in [0.5, 0.6) is 11.5 Å². The molecule has 0 aliphatic carbocycles. The molecular formula is C17H21N7O2S. The number of aromatic nitrogens is 7. The standard InChI is InChI=1S/C17H21N7O2S/c1-3-4-9-24-15(18-21-22-24)11-27-17-20-19-16(23(17)2)14-10-25-12-7-5-6-8-13(12)26-14/h5-8,14H,3-4,9-11H2,1-2H3/t14-/m1/s1. The molecule has 1 aromatic carbocycles. The number of benzene rings is 1. The van der Waals surface area contributed by atoms with Crippen molar-refractivity contribution in [2.75, 3.05) is 6.61 Å². The maximum Gasteiger partial charge on any atom is 0.192 e. The summed E-state index contributed by atoms with van der Waals surface area (Å²) < 4.78 is 15.6. The normalized spacial score (nSPS) is 15.9. The number of thioether (sulfide) groups is 1. The fraction of sp³-hybridized carbons (Fsp3) is 0.471. The van der Waals surface area contributed by atoms with Crippen LogP contribution in [0.4, 0.5) is 0 Å². The summed E-state index contributed by atoms with van der Waals surface area (Å²) in [6.07, 6.45) is 1.87. The highest BCUT2D eigenvalue weighted by Crippen LogP contribution is 2.35. The molecule has 27 heavy (non-hydrogen) atoms. The lowest BCUT2D eigenvalue weighted by Gasteiger charge is -2.25. The van der Waals surface area contributed by atoms with Crippen molar-refractivity contribution < 1.29 is 9.47 Å². The van der Waals surface area contributed by atoms with Crippen molar-refractivity contribution in [3.05, 3.63) is 35.9 Å². The van der Waals surface area contributed by atoms with E-state index >= 15 is 0 Å². The van der Waals surface area contributed by atoms with E-state index in [-0.39, 0.29) is 6.10 Å². The first-order chi connectivity index (χ1) is 13.3. The maximum atomic E-state index is 6.03. The van der Waals surface area contributed by atoms with Crippen molar-refractivity contribution in [1.29, 1.82) is 0 Å². The number of hydrogen-bond donors (Lipinski definition) is 0. The first kappa shape index (κ1) is 17.8. The predicted octanol–water partition coefficient (Wildman–Crippen LogP) is 2.41. The minimum absolute atomic E-state index is 0.290. The maximum absolute atomic E-state index is 6.03. The summed E-state index contributed by atoms with van der Waals surface area (Å²) in [6.45, 7) is 3.38. The van der Waals surface area contributed by atoms with Gasteiger partial charge in [0.2, 0.25) is 0 Å². The Morgan fingerprint density at radius 1 is 1.19 bits per heavy atom. The molecule has 142 valence electrons. The Bertz CT molecular complexity index is 910. The zero-order valence-electron chi connectivity index (χ0n) is 15.3. The lowest BCUT2D eigenvalue weighted by Crippen LogP contribution is -2.24. The molecule has 0 saturated heterocycles. The molecule has 0 amide bonds. The van der Waals surface area contributed by atoms with Crippen molar-refractivity contribution >= 4 is 11.8 Å². The number of para-hydroxylation sites is 2. The predicted molar refractivity (Wildman–Crippen MR) is 98.6 cm³/mol. The molecule has 1 atom stereocenters. The van der Waals surface area contributed by atoms with Gasteiger partial charge in [-0.25, -0.2) is 4.68 Å². The molecule has 0 saturated carbocycles. The van der Waals surface area contributed by atoms with Crippen LogP contribution in [0, 0.1) is 0 Å². The summed E-state index contributed by atoms with van der Waals surface area (Å²) >= 11 is 1.55. The van der Waals surface area contributed by atoms with Crippen molar-refractivity contribution in [2.45, 2.75) is 43.3 Å². The number of nitrogens with zero attached hydrogens (tertiary/aromatic N) is 7. The van der Waals surface area contributed by atoms with E-state index < -0.39 is 0 Å². The zero-order valence-corrected chi connectivity index (χ0v) is 16.1. The van der Waals surface area contributed by atoms with Crippen LogP contribution in [-0.4, -0.2) is 41.6 Å². The fourth-order valence-corrected chi connectivity index (χ4v) is 3.67. The molecule has 3 heterocycles. The SMILES string of the molecule is CCCCn1nnnc1CSc1nnc([C@H]2COc3ccccc3O2)n1C. The molecule has 10 heteroatoms. The Hall–Kier alpha value is -2.62. The Morgan fingerprint density at radius 3 is 2.89 bits per heavy atom. The smallest absolute Gasteiger partial charge is 0.192 e. The minimum atomic E-state index is -0.290. The van der Waals surface area contributed by atoms with E-state index in [0.29, 0.717) is 12.4 Å². The van der Waals surface area contributed by atoms with Gasteiger partial charge in [0.1, 0.15) is 6.61 Å². The van der Waals surface area contributed by atoms with Crippen LogP contribution in [0.25, 0.3) is 0 Å². The highest BCUT2D eigenvalue weighted by molar-refractivity contribution is 7.98. The van der Waals surface area contributed by atoms with E-state index in [1.807, 2.05) is 40.6 Å². The molecule has 1 aliphatic rings. The van der Waals surface area contributed by atoms with Gasteiger partial charge in [-0.15, -0.1) is 15.3 Å². The van der Waals surface area contributed by atoms with Gasteiger partial charge in [0, 0.05) is 13.6 Å². The fourth-order valence-electron chi connectivity index (χ4n) is 2.82. The van der Waals surface area contributed by atoms with Crippen molar-refractivity contribution in [3.63, 3.8) is 0 Å². The van der Waals surface area contributed by atoms with Gasteiger partial charge in [-0.2, -0.15) is 0 Å². The van der Waals surface area contributed by atoms with Crippen molar-refractivity contribution in [3.8, 4) is 11.5 Å². The summed E-state index contributed by atoms with van der Waals surface area (Å²) in [5, 5.41) is 21.3. The molecule has 0 bridgehead atoms. The number of fused-ring (bicyclic) bond motifs is 1. The van der Waals surface area contributed by atoms with Crippen molar-refractivity contribution in [2.24, 2.45) is 7.05 Å². The highest BCUT2D eigenvalue weighted by atomic mass is 32.2. The van der Waals surface area contributed by atoms with E-state index in [9.17, 15) is 0 Å². The molecule has 0 unspecified atom stereocenters. The Labute approximate surface area is 161 Å². The van der Waals surface area contributed by atoms with Gasteiger partial charge in [-0.3, -0.25) is 0 Å². The number of tetrazole rings is 1. The van der Waals surface area contributed by atoms with Crippen LogP contribution >= 0.6 is 11.8 Å². The van der Waals surface area contributed by atoms with Crippen LogP contribution in [0.1, 0.15) is 37.5 Å². The number of aryl methyl sites for hydroxylation is 1. The number of unbranched alkanes of at least 4 members (excludes halogenated alkanes) is 1. The van der Waals surface area contributed by atoms with Gasteiger partial charge < -0.3 is 14.0 Å². The highest BCUT2D eigenvalue weighted by Gasteiger charge is 2.27. The van der Waals surface area contributed by atoms with E-state index in [4.69, 9.17) is 9.47 Å². The molecule has 4 rings (SSSR count). The second-order valence-electron chi connectivity index (χ2n) is 6.22. The average molecular weight is 387 g/mol. The topological polar surface area (TPSA) is 92.8 Å². The minimum Gasteiger partial charge on any atom is -0.485 e. The third-order valence-electron chi connectivity index (χ3n) is 4.33. The third-order valence-corrected chi connectivity index (χ3v) is 5.34. The van der Waals surface area contributed by atoms with E-state index in [2.05, 4.69) is 32.6 Å². The Morgan fingerprint density at radius 2 is 2.04 bits per heavy atom. The summed E-state index contributed by atoms with van der Waals surface area (Å²) in [4.78, 5) is 0. The van der Waals surface area contributed by atoms with Gasteiger partial charge in [0.25, 0.3) is 0 Å². The largest absolute Gasteiger partial charge is 0.485 e. The second kappa shape index (κ2) is 7.95. The molecule has 2 aromatic heterocycles. The molecule has 0 fully saturated rings. The van der Waals surface area contributed by atoms with Crippen LogP contribution < -0.4 is 9.47 Å². The molecular weight excluding hydrogens is 366 g/mol. The van der Waals surface area contributed by atoms with E-state index in [1.165, 1.54) is 0 Å². The molecule has 1 aliphatic heterocycles. The van der Waals surface area contributed by atoms with E-state index in [1.54, 1.807) is 11.8 Å². The van der Waals surface area contributed by atoms with Crippen LogP contribution in [0.3, 0.4) is 0 Å². The van der Waals surface area contributed by atoms with Crippen LogP contribution in [0.2, 0.25) is 0 Å². The summed E-state index contributed by atoms with van der Waals surface area (Å²) in [5.74, 6) is 3.68. The van der Waals surface area contributed by atoms with Gasteiger partial charge >= 0.3 is 0 Å². The zero-order chi connectivity index (χ0) is 18.6. The molecule has 0 spiro atoms. The van der Waals surface area contributed by atoms with Gasteiger partial charge in [-0.1, -0.05) is 37.2 Å². The first-order valence-electron chi connectivity index (χ1n) is 8.92. The number of hydrogen-bond acceptors (Lipinski definition) is 8. The van der Waals surface area contributed by atoms with Gasteiger partial charge in [0.15, 0.2) is 34.4 Å². The van der Waals surface area contributed by atoms with E-state index in [0.717, 1.165) is 47.7 Å². The second-order valence-corrected chi connectivity index (χ2v) is 7.17. The summed E-state index contributed by atoms with van der Waals surface area (Å²) in [6, 6.07) is 7.63. The number of ether oxygens (including phenoxy) is 2. The molecule has 0 N–H and O–H groups in total. The molecule has 9 nitrogen and oxygen atoms in total. The summed E-state index contributed by atoms with van der Waals surface area (Å²) in [5.41, 5.74) is 0. The third kappa shape index (κ3) is 3.75. The van der Waals surface area contributed by atoms with Crippen molar-refractivity contribution in [1.82, 2.24) is 35.0 Å².